The van der Waals surface area contributed by atoms with E-state index in [-0.39, 0.29) is 0 Å². The maximum Gasteiger partial charge on any atom is 0.201 e. The molecular formula is C12H13ClN6. The third kappa shape index (κ3) is 2.26. The van der Waals surface area contributed by atoms with Crippen molar-refractivity contribution in [3.63, 3.8) is 0 Å². The molecule has 0 radical (unpaired) electrons. The summed E-state index contributed by atoms with van der Waals surface area (Å²) in [4.78, 5) is 4.31. The molecule has 0 fully saturated rings. The van der Waals surface area contributed by atoms with E-state index >= 15 is 0 Å². The Kier molecular flexibility index (Phi) is 3.08. The summed E-state index contributed by atoms with van der Waals surface area (Å²) in [6, 6.07) is 5.63. The third-order valence-electron chi connectivity index (χ3n) is 2.99. The second-order valence-corrected chi connectivity index (χ2v) is 4.66. The summed E-state index contributed by atoms with van der Waals surface area (Å²) in [5.74, 6) is 0.488. The minimum absolute atomic E-state index is 0.488. The van der Waals surface area contributed by atoms with Crippen LogP contribution in [0, 0.1) is 0 Å². The fourth-order valence-corrected chi connectivity index (χ4v) is 2.40. The fourth-order valence-electron chi connectivity index (χ4n) is 2.13. The number of aryl methyl sites for hydroxylation is 2. The van der Waals surface area contributed by atoms with Crippen molar-refractivity contribution in [2.75, 3.05) is 5.73 Å². The Balaban J connectivity index is 1.82. The summed E-state index contributed by atoms with van der Waals surface area (Å²) in [7, 11) is 0. The van der Waals surface area contributed by atoms with Crippen LogP contribution in [0.4, 0.5) is 5.95 Å². The van der Waals surface area contributed by atoms with Crippen molar-refractivity contribution in [2.24, 2.45) is 0 Å². The molecule has 0 aliphatic carbocycles. The monoisotopic (exact) mass is 276 g/mol. The van der Waals surface area contributed by atoms with E-state index in [1.807, 2.05) is 29.0 Å². The van der Waals surface area contributed by atoms with Gasteiger partial charge in [-0.2, -0.15) is 0 Å². The second kappa shape index (κ2) is 4.89. The van der Waals surface area contributed by atoms with Crippen molar-refractivity contribution in [1.29, 1.82) is 0 Å². The minimum atomic E-state index is 0.488. The number of rotatable bonds is 4. The van der Waals surface area contributed by atoms with Gasteiger partial charge in [0.25, 0.3) is 0 Å². The highest BCUT2D eigenvalue weighted by Gasteiger charge is 2.10. The van der Waals surface area contributed by atoms with Crippen molar-refractivity contribution >= 4 is 28.6 Å². The van der Waals surface area contributed by atoms with Crippen LogP contribution in [0.5, 0.6) is 0 Å². The summed E-state index contributed by atoms with van der Waals surface area (Å²) in [5, 5.41) is 8.36. The van der Waals surface area contributed by atoms with Crippen LogP contribution in [0.1, 0.15) is 6.42 Å². The molecule has 2 N–H and O–H groups in total. The van der Waals surface area contributed by atoms with Crippen molar-refractivity contribution < 1.29 is 0 Å². The molecule has 3 aromatic rings. The van der Waals surface area contributed by atoms with E-state index in [4.69, 9.17) is 17.3 Å². The Labute approximate surface area is 114 Å². The van der Waals surface area contributed by atoms with E-state index in [2.05, 4.69) is 15.3 Å². The van der Waals surface area contributed by atoms with Crippen molar-refractivity contribution in [3.05, 3.63) is 35.6 Å². The first kappa shape index (κ1) is 12.0. The van der Waals surface area contributed by atoms with Gasteiger partial charge < -0.3 is 10.3 Å². The molecule has 1 aromatic carbocycles. The highest BCUT2D eigenvalue weighted by Crippen LogP contribution is 2.25. The maximum absolute atomic E-state index is 6.21. The Morgan fingerprint density at radius 2 is 2.16 bits per heavy atom. The van der Waals surface area contributed by atoms with E-state index in [9.17, 15) is 0 Å². The lowest BCUT2D eigenvalue weighted by Gasteiger charge is -2.07. The van der Waals surface area contributed by atoms with E-state index in [0.29, 0.717) is 11.0 Å². The number of hydrogen-bond donors (Lipinski definition) is 1. The van der Waals surface area contributed by atoms with Crippen LogP contribution < -0.4 is 5.73 Å². The summed E-state index contributed by atoms with van der Waals surface area (Å²) in [6.45, 7) is 1.52. The highest BCUT2D eigenvalue weighted by molar-refractivity contribution is 6.35. The molecule has 0 unspecified atom stereocenters. The molecule has 0 bridgehead atoms. The summed E-state index contributed by atoms with van der Waals surface area (Å²) in [5.41, 5.74) is 7.65. The summed E-state index contributed by atoms with van der Waals surface area (Å²) in [6.07, 6.45) is 4.38. The average molecular weight is 277 g/mol. The Morgan fingerprint density at radius 1 is 1.26 bits per heavy atom. The summed E-state index contributed by atoms with van der Waals surface area (Å²) >= 11 is 6.21. The molecular weight excluding hydrogens is 264 g/mol. The predicted molar refractivity (Wildman–Crippen MR) is 73.8 cm³/mol. The number of nitrogen functional groups attached to an aromatic ring is 1. The number of aromatic nitrogens is 5. The van der Waals surface area contributed by atoms with Crippen molar-refractivity contribution in [1.82, 2.24) is 24.5 Å². The molecule has 0 amide bonds. The number of imidazole rings is 1. The van der Waals surface area contributed by atoms with Gasteiger partial charge in [-0.15, -0.1) is 5.10 Å². The van der Waals surface area contributed by atoms with Gasteiger partial charge in [-0.1, -0.05) is 22.9 Å². The largest absolute Gasteiger partial charge is 0.369 e. The lowest BCUT2D eigenvalue weighted by atomic mass is 10.3. The zero-order valence-corrected chi connectivity index (χ0v) is 11.0. The Hall–Kier alpha value is -2.08. The van der Waals surface area contributed by atoms with E-state index < -0.39 is 0 Å². The maximum atomic E-state index is 6.21. The number of anilines is 1. The molecule has 98 valence electrons. The highest BCUT2D eigenvalue weighted by atomic mass is 35.5. The number of halogens is 1. The van der Waals surface area contributed by atoms with Gasteiger partial charge in [-0.3, -0.25) is 4.68 Å². The van der Waals surface area contributed by atoms with E-state index in [1.165, 1.54) is 0 Å². The number of nitrogens with two attached hydrogens (primary N) is 1. The second-order valence-electron chi connectivity index (χ2n) is 4.25. The first-order valence-electron chi connectivity index (χ1n) is 6.00. The molecule has 0 atom stereocenters. The van der Waals surface area contributed by atoms with Crippen LogP contribution in [-0.2, 0) is 13.1 Å². The number of fused-ring (bicyclic) bond motifs is 1. The van der Waals surface area contributed by atoms with Crippen LogP contribution in [0.25, 0.3) is 11.0 Å². The van der Waals surface area contributed by atoms with Gasteiger partial charge >= 0.3 is 0 Å². The van der Waals surface area contributed by atoms with Crippen molar-refractivity contribution in [3.8, 4) is 0 Å². The zero-order chi connectivity index (χ0) is 13.2. The molecule has 7 heteroatoms. The SMILES string of the molecule is Nc1nc2cccc(Cl)c2n1CCCn1ccnn1. The Morgan fingerprint density at radius 3 is 2.95 bits per heavy atom. The van der Waals surface area contributed by atoms with Crippen LogP contribution in [0.15, 0.2) is 30.6 Å². The topological polar surface area (TPSA) is 74.5 Å². The first-order chi connectivity index (χ1) is 9.25. The lowest BCUT2D eigenvalue weighted by Crippen LogP contribution is -2.07. The van der Waals surface area contributed by atoms with Crippen LogP contribution in [0.2, 0.25) is 5.02 Å². The van der Waals surface area contributed by atoms with Gasteiger partial charge in [0.1, 0.15) is 0 Å². The average Bonchev–Trinajstić information content (AvgIpc) is 2.99. The molecule has 0 saturated heterocycles. The number of benzene rings is 1. The molecule has 0 saturated carbocycles. The number of hydrogen-bond acceptors (Lipinski definition) is 4. The molecule has 0 spiro atoms. The predicted octanol–water partition coefficient (Wildman–Crippen LogP) is 1.95. The quantitative estimate of drug-likeness (QED) is 0.790. The van der Waals surface area contributed by atoms with Gasteiger partial charge in [0.05, 0.1) is 22.3 Å². The first-order valence-corrected chi connectivity index (χ1v) is 6.38. The smallest absolute Gasteiger partial charge is 0.201 e. The minimum Gasteiger partial charge on any atom is -0.369 e. The third-order valence-corrected chi connectivity index (χ3v) is 3.29. The molecule has 6 nitrogen and oxygen atoms in total. The molecule has 2 aromatic heterocycles. The van der Waals surface area contributed by atoms with Crippen LogP contribution >= 0.6 is 11.6 Å². The molecule has 3 rings (SSSR count). The van der Waals surface area contributed by atoms with Crippen LogP contribution in [0.3, 0.4) is 0 Å². The van der Waals surface area contributed by atoms with E-state index in [0.717, 1.165) is 30.5 Å². The normalized spacial score (nSPS) is 11.2. The molecule has 2 heterocycles. The van der Waals surface area contributed by atoms with Gasteiger partial charge in [0.2, 0.25) is 5.95 Å². The van der Waals surface area contributed by atoms with Gasteiger partial charge in [0.15, 0.2) is 0 Å². The lowest BCUT2D eigenvalue weighted by molar-refractivity contribution is 0.521. The van der Waals surface area contributed by atoms with Gasteiger partial charge in [0, 0.05) is 19.3 Å². The van der Waals surface area contributed by atoms with Gasteiger partial charge in [-0.25, -0.2) is 4.98 Å². The molecule has 0 aliphatic rings. The standard InChI is InChI=1S/C12H13ClN6/c13-9-3-1-4-10-11(9)19(12(14)16-10)7-2-6-18-8-5-15-17-18/h1,3-5,8H,2,6-7H2,(H2,14,16). The Bertz CT molecular complexity index is 688. The van der Waals surface area contributed by atoms with Crippen LogP contribution in [-0.4, -0.2) is 24.5 Å². The zero-order valence-electron chi connectivity index (χ0n) is 10.2. The van der Waals surface area contributed by atoms with E-state index in [1.54, 1.807) is 10.9 Å². The number of nitrogens with zero attached hydrogens (tertiary/aromatic N) is 5. The molecule has 19 heavy (non-hydrogen) atoms. The fraction of sp³-hybridized carbons (Fsp3) is 0.250. The molecule has 0 aliphatic heterocycles. The van der Waals surface area contributed by atoms with Gasteiger partial charge in [-0.05, 0) is 18.6 Å². The van der Waals surface area contributed by atoms with Crippen molar-refractivity contribution in [2.45, 2.75) is 19.5 Å². The number of para-hydroxylation sites is 1. The summed E-state index contributed by atoms with van der Waals surface area (Å²) < 4.78 is 3.73.